The van der Waals surface area contributed by atoms with Gasteiger partial charge in [-0.15, -0.1) is 0 Å². The molecule has 1 saturated heterocycles. The second-order valence-corrected chi connectivity index (χ2v) is 8.26. The van der Waals surface area contributed by atoms with Crippen molar-refractivity contribution in [1.29, 1.82) is 0 Å². The molecule has 0 spiro atoms. The molecule has 0 aromatic heterocycles. The predicted octanol–water partition coefficient (Wildman–Crippen LogP) is -1.62. The quantitative estimate of drug-likeness (QED) is 0.155. The number of aliphatic imine (C=N–C) groups is 1. The van der Waals surface area contributed by atoms with Crippen LogP contribution in [0.2, 0.25) is 0 Å². The van der Waals surface area contributed by atoms with E-state index in [9.17, 15) is 35.1 Å². The number of hydrogen-bond donors (Lipinski definition) is 7. The molecule has 9 N–H and O–H groups in total. The van der Waals surface area contributed by atoms with Crippen LogP contribution in [0.15, 0.2) is 41.4 Å². The summed E-state index contributed by atoms with van der Waals surface area (Å²) < 4.78 is 11.0. The second-order valence-electron chi connectivity index (χ2n) is 8.26. The van der Waals surface area contributed by atoms with Crippen molar-refractivity contribution < 1.29 is 44.6 Å². The van der Waals surface area contributed by atoms with Gasteiger partial charge in [0.1, 0.15) is 24.4 Å². The first-order valence-corrected chi connectivity index (χ1v) is 10.8. The highest BCUT2D eigenvalue weighted by Crippen LogP contribution is 2.40. The topological polar surface area (TPSA) is 218 Å². The third kappa shape index (κ3) is 4.45. The van der Waals surface area contributed by atoms with Gasteiger partial charge in [0, 0.05) is 23.2 Å². The van der Waals surface area contributed by atoms with Gasteiger partial charge in [-0.1, -0.05) is 24.3 Å². The number of ether oxygens (including phenoxy) is 2. The van der Waals surface area contributed by atoms with Crippen LogP contribution in [-0.2, 0) is 4.74 Å². The molecule has 0 amide bonds. The Morgan fingerprint density at radius 2 is 1.63 bits per heavy atom. The van der Waals surface area contributed by atoms with Gasteiger partial charge in [-0.2, -0.15) is 0 Å². The van der Waals surface area contributed by atoms with Crippen LogP contribution in [0.1, 0.15) is 38.3 Å². The number of fused-ring (bicyclic) bond motifs is 2. The standard InChI is InChI=1S/C23H25N3O9/c24-23(25)26-8-7-12(27)21-19(32)18(31)20(33)22(35-21)34-13-6-5-11-14(17(13)30)16(29)10-4-2-1-3-9(10)15(11)28/h1-6,12,18-22,27,30-33H,7-8H2,(H4,24,25,26)/t12-,18+,19+,20-,21-,22+/m0/s1. The van der Waals surface area contributed by atoms with E-state index >= 15 is 0 Å². The molecule has 0 saturated carbocycles. The third-order valence-corrected chi connectivity index (χ3v) is 5.98. The molecule has 12 nitrogen and oxygen atoms in total. The molecule has 2 aromatic rings. The lowest BCUT2D eigenvalue weighted by Gasteiger charge is -2.42. The van der Waals surface area contributed by atoms with E-state index in [2.05, 4.69) is 4.99 Å². The maximum Gasteiger partial charge on any atom is 0.229 e. The SMILES string of the molecule is NC(N)=NCC[C@H](O)[C@@H]1O[C@@H](Oc2ccc3c(c2O)C(=O)c2ccccc2C3=O)[C@@H](O)[C@H](O)[C@H]1O. The molecule has 1 aliphatic heterocycles. The number of phenolic OH excluding ortho intramolecular Hbond substituents is 1. The van der Waals surface area contributed by atoms with Gasteiger partial charge in [0.25, 0.3) is 0 Å². The fourth-order valence-corrected chi connectivity index (χ4v) is 4.15. The van der Waals surface area contributed by atoms with Crippen LogP contribution in [0.5, 0.6) is 11.5 Å². The molecule has 186 valence electrons. The Morgan fingerprint density at radius 3 is 2.29 bits per heavy atom. The molecule has 1 aliphatic carbocycles. The van der Waals surface area contributed by atoms with Crippen LogP contribution >= 0.6 is 0 Å². The zero-order valence-corrected chi connectivity index (χ0v) is 18.3. The van der Waals surface area contributed by atoms with Crippen molar-refractivity contribution in [1.82, 2.24) is 0 Å². The molecule has 2 aromatic carbocycles. The van der Waals surface area contributed by atoms with Crippen molar-refractivity contribution >= 4 is 17.5 Å². The van der Waals surface area contributed by atoms with Crippen molar-refractivity contribution in [3.63, 3.8) is 0 Å². The van der Waals surface area contributed by atoms with E-state index in [1.165, 1.54) is 24.3 Å². The highest BCUT2D eigenvalue weighted by atomic mass is 16.7. The summed E-state index contributed by atoms with van der Waals surface area (Å²) in [5.74, 6) is -2.21. The summed E-state index contributed by atoms with van der Waals surface area (Å²) in [5, 5.41) is 52.1. The van der Waals surface area contributed by atoms with Gasteiger partial charge in [0.15, 0.2) is 29.0 Å². The Labute approximate surface area is 199 Å². The number of carbonyl (C=O) groups excluding carboxylic acids is 2. The predicted molar refractivity (Wildman–Crippen MR) is 120 cm³/mol. The van der Waals surface area contributed by atoms with Crippen molar-refractivity contribution in [3.05, 3.63) is 58.7 Å². The van der Waals surface area contributed by atoms with Crippen LogP contribution in [-0.4, -0.2) is 86.4 Å². The van der Waals surface area contributed by atoms with E-state index in [4.69, 9.17) is 20.9 Å². The van der Waals surface area contributed by atoms with Crippen LogP contribution < -0.4 is 16.2 Å². The van der Waals surface area contributed by atoms with Crippen molar-refractivity contribution in [2.45, 2.75) is 43.2 Å². The number of nitrogens with two attached hydrogens (primary N) is 2. The van der Waals surface area contributed by atoms with Gasteiger partial charge < -0.3 is 46.5 Å². The maximum absolute atomic E-state index is 13.0. The first kappa shape index (κ1) is 24.6. The summed E-state index contributed by atoms with van der Waals surface area (Å²) in [7, 11) is 0. The Bertz CT molecular complexity index is 1180. The Kier molecular flexibility index (Phi) is 6.74. The van der Waals surface area contributed by atoms with E-state index in [1.807, 2.05) is 0 Å². The van der Waals surface area contributed by atoms with Crippen LogP contribution in [0.25, 0.3) is 0 Å². The van der Waals surface area contributed by atoms with E-state index in [0.29, 0.717) is 0 Å². The maximum atomic E-state index is 13.0. The lowest BCUT2D eigenvalue weighted by Crippen LogP contribution is -2.62. The number of aliphatic hydroxyl groups is 4. The summed E-state index contributed by atoms with van der Waals surface area (Å²) in [6, 6.07) is 8.69. The summed E-state index contributed by atoms with van der Waals surface area (Å²) in [5.41, 5.74) is 10.5. The number of phenols is 1. The highest BCUT2D eigenvalue weighted by Gasteiger charge is 2.47. The average Bonchev–Trinajstić information content (AvgIpc) is 2.83. The minimum Gasteiger partial charge on any atom is -0.504 e. The van der Waals surface area contributed by atoms with E-state index in [1.54, 1.807) is 12.1 Å². The fraction of sp³-hybridized carbons (Fsp3) is 0.348. The van der Waals surface area contributed by atoms with Gasteiger partial charge >= 0.3 is 0 Å². The van der Waals surface area contributed by atoms with Gasteiger partial charge in [-0.3, -0.25) is 14.6 Å². The molecule has 6 atom stereocenters. The number of ketones is 2. The van der Waals surface area contributed by atoms with Crippen molar-refractivity contribution in [2.24, 2.45) is 16.5 Å². The summed E-state index contributed by atoms with van der Waals surface area (Å²) >= 11 is 0. The Morgan fingerprint density at radius 1 is 0.971 bits per heavy atom. The van der Waals surface area contributed by atoms with Gasteiger partial charge in [-0.05, 0) is 18.6 Å². The number of aliphatic hydroxyl groups excluding tert-OH is 4. The number of guanidine groups is 1. The smallest absolute Gasteiger partial charge is 0.229 e. The summed E-state index contributed by atoms with van der Waals surface area (Å²) in [4.78, 5) is 29.5. The molecule has 0 radical (unpaired) electrons. The number of nitrogens with zero attached hydrogens (tertiary/aromatic N) is 1. The Hall–Kier alpha value is -3.55. The molecule has 12 heteroatoms. The van der Waals surface area contributed by atoms with E-state index in [-0.39, 0.29) is 46.9 Å². The number of benzene rings is 2. The highest BCUT2D eigenvalue weighted by molar-refractivity contribution is 6.29. The van der Waals surface area contributed by atoms with Crippen molar-refractivity contribution in [2.75, 3.05) is 6.54 Å². The van der Waals surface area contributed by atoms with Crippen LogP contribution in [0.3, 0.4) is 0 Å². The summed E-state index contributed by atoms with van der Waals surface area (Å²) in [6.45, 7) is 0.00345. The molecule has 0 bridgehead atoms. The average molecular weight is 487 g/mol. The first-order chi connectivity index (χ1) is 16.6. The Balaban J connectivity index is 1.59. The molecule has 35 heavy (non-hydrogen) atoms. The number of aromatic hydroxyl groups is 1. The molecule has 2 aliphatic rings. The van der Waals surface area contributed by atoms with Crippen LogP contribution in [0, 0.1) is 0 Å². The van der Waals surface area contributed by atoms with Gasteiger partial charge in [0.05, 0.1) is 11.7 Å². The zero-order valence-electron chi connectivity index (χ0n) is 18.3. The van der Waals surface area contributed by atoms with E-state index < -0.39 is 54.1 Å². The van der Waals surface area contributed by atoms with E-state index in [0.717, 1.165) is 0 Å². The molecule has 0 unspecified atom stereocenters. The molecule has 1 heterocycles. The van der Waals surface area contributed by atoms with Crippen molar-refractivity contribution in [3.8, 4) is 11.5 Å². The number of hydrogen-bond acceptors (Lipinski definition) is 10. The lowest BCUT2D eigenvalue weighted by atomic mass is 9.83. The zero-order chi connectivity index (χ0) is 25.4. The molecular weight excluding hydrogens is 462 g/mol. The van der Waals surface area contributed by atoms with Crippen LogP contribution in [0.4, 0.5) is 0 Å². The number of rotatable bonds is 6. The number of carbonyl (C=O) groups is 2. The minimum atomic E-state index is -1.78. The van der Waals surface area contributed by atoms with Gasteiger partial charge in [0.2, 0.25) is 6.29 Å². The normalized spacial score (nSPS) is 26.5. The lowest BCUT2D eigenvalue weighted by molar-refractivity contribution is -0.288. The third-order valence-electron chi connectivity index (χ3n) is 5.98. The monoisotopic (exact) mass is 487 g/mol. The minimum absolute atomic E-state index is 0.00345. The largest absolute Gasteiger partial charge is 0.504 e. The molecular formula is C23H25N3O9. The van der Waals surface area contributed by atoms with Gasteiger partial charge in [-0.25, -0.2) is 0 Å². The second kappa shape index (κ2) is 9.60. The molecule has 4 rings (SSSR count). The first-order valence-electron chi connectivity index (χ1n) is 10.8. The summed E-state index contributed by atoms with van der Waals surface area (Å²) in [6.07, 6.45) is -9.67. The fourth-order valence-electron chi connectivity index (χ4n) is 4.15. The molecule has 1 fully saturated rings.